The van der Waals surface area contributed by atoms with Crippen LogP contribution in [0.2, 0.25) is 0 Å². The summed E-state index contributed by atoms with van der Waals surface area (Å²) in [6.07, 6.45) is 6.63. The van der Waals surface area contributed by atoms with E-state index < -0.39 is 0 Å². The van der Waals surface area contributed by atoms with Crippen LogP contribution in [0.5, 0.6) is 0 Å². The van der Waals surface area contributed by atoms with Crippen molar-refractivity contribution in [1.82, 2.24) is 19.7 Å². The molecule has 1 aromatic carbocycles. The van der Waals surface area contributed by atoms with Crippen LogP contribution in [0.4, 0.5) is 10.2 Å². The van der Waals surface area contributed by atoms with E-state index in [9.17, 15) is 9.18 Å². The van der Waals surface area contributed by atoms with Crippen LogP contribution in [0.1, 0.15) is 35.2 Å². The second kappa shape index (κ2) is 8.21. The molecule has 3 heterocycles. The fourth-order valence-electron chi connectivity index (χ4n) is 3.32. The Labute approximate surface area is 163 Å². The summed E-state index contributed by atoms with van der Waals surface area (Å²) in [5.41, 5.74) is 1.43. The molecule has 1 saturated heterocycles. The van der Waals surface area contributed by atoms with Gasteiger partial charge in [0.15, 0.2) is 11.6 Å². The number of aromatic nitrogens is 3. The Morgan fingerprint density at radius 2 is 1.86 bits per heavy atom. The predicted molar refractivity (Wildman–Crippen MR) is 105 cm³/mol. The van der Waals surface area contributed by atoms with Crippen molar-refractivity contribution in [3.8, 4) is 5.82 Å². The third-order valence-electron chi connectivity index (χ3n) is 4.85. The maximum Gasteiger partial charge on any atom is 0.259 e. The Balaban J connectivity index is 1.61. The zero-order valence-corrected chi connectivity index (χ0v) is 15.5. The lowest BCUT2D eigenvalue weighted by Crippen LogP contribution is -2.35. The number of halogens is 1. The Bertz CT molecular complexity index is 933. The average molecular weight is 379 g/mol. The second-order valence-corrected chi connectivity index (χ2v) is 6.86. The summed E-state index contributed by atoms with van der Waals surface area (Å²) in [6, 6.07) is 11.8. The Kier molecular flexibility index (Phi) is 5.32. The lowest BCUT2D eigenvalue weighted by atomic mass is 10.1. The zero-order chi connectivity index (χ0) is 19.3. The Morgan fingerprint density at radius 1 is 1.07 bits per heavy atom. The predicted octanol–water partition coefficient (Wildman–Crippen LogP) is 3.64. The number of rotatable bonds is 5. The first-order valence-corrected chi connectivity index (χ1v) is 9.49. The number of nitrogens with zero attached hydrogens (tertiary/aromatic N) is 4. The second-order valence-electron chi connectivity index (χ2n) is 6.86. The van der Waals surface area contributed by atoms with Crippen molar-refractivity contribution in [3.63, 3.8) is 0 Å². The minimum absolute atomic E-state index is 0.0245. The van der Waals surface area contributed by atoms with Gasteiger partial charge in [-0.05, 0) is 49.1 Å². The molecule has 1 aliphatic heterocycles. The number of benzene rings is 1. The first-order valence-electron chi connectivity index (χ1n) is 9.49. The molecule has 0 atom stereocenters. The fraction of sp³-hybridized carbons (Fsp3) is 0.286. The number of hydrogen-bond acceptors (Lipinski definition) is 4. The molecule has 28 heavy (non-hydrogen) atoms. The molecular formula is C21H22FN5O. The summed E-state index contributed by atoms with van der Waals surface area (Å²) in [6.45, 7) is 1.98. The molecule has 6 nitrogen and oxygen atoms in total. The molecule has 0 aliphatic carbocycles. The van der Waals surface area contributed by atoms with E-state index >= 15 is 0 Å². The molecule has 0 bridgehead atoms. The molecule has 3 aromatic rings. The highest BCUT2D eigenvalue weighted by Crippen LogP contribution is 2.21. The van der Waals surface area contributed by atoms with Crippen LogP contribution in [-0.4, -0.2) is 38.7 Å². The maximum absolute atomic E-state index is 13.1. The zero-order valence-electron chi connectivity index (χ0n) is 15.5. The van der Waals surface area contributed by atoms with Gasteiger partial charge in [-0.25, -0.2) is 14.1 Å². The number of anilines is 1. The number of hydrogen-bond donors (Lipinski definition) is 1. The van der Waals surface area contributed by atoms with Gasteiger partial charge in [0.05, 0.1) is 0 Å². The summed E-state index contributed by atoms with van der Waals surface area (Å²) in [4.78, 5) is 19.3. The highest BCUT2D eigenvalue weighted by atomic mass is 19.1. The maximum atomic E-state index is 13.1. The normalized spacial score (nSPS) is 14.1. The van der Waals surface area contributed by atoms with Crippen LogP contribution in [0.25, 0.3) is 5.82 Å². The molecule has 1 fully saturated rings. The molecule has 1 amide bonds. The molecule has 2 aromatic heterocycles. The molecule has 1 aliphatic rings. The SMILES string of the molecule is O=C(c1cn(-c2ccccn2)nc1NCc1ccc(F)cc1)N1CCCCC1. The Morgan fingerprint density at radius 3 is 2.57 bits per heavy atom. The van der Waals surface area contributed by atoms with Gasteiger partial charge in [0.1, 0.15) is 11.4 Å². The van der Waals surface area contributed by atoms with Gasteiger partial charge in [0.25, 0.3) is 5.91 Å². The van der Waals surface area contributed by atoms with Crippen LogP contribution in [0.15, 0.2) is 54.9 Å². The molecule has 4 rings (SSSR count). The van der Waals surface area contributed by atoms with E-state index in [2.05, 4.69) is 15.4 Å². The van der Waals surface area contributed by atoms with Gasteiger partial charge < -0.3 is 10.2 Å². The number of likely N-dealkylation sites (tertiary alicyclic amines) is 1. The summed E-state index contributed by atoms with van der Waals surface area (Å²) < 4.78 is 14.7. The van der Waals surface area contributed by atoms with Gasteiger partial charge in [-0.3, -0.25) is 4.79 Å². The minimum Gasteiger partial charge on any atom is -0.364 e. The number of carbonyl (C=O) groups is 1. The third kappa shape index (κ3) is 4.03. The van der Waals surface area contributed by atoms with E-state index in [0.29, 0.717) is 23.7 Å². The smallest absolute Gasteiger partial charge is 0.259 e. The van der Waals surface area contributed by atoms with Gasteiger partial charge in [0.2, 0.25) is 0 Å². The third-order valence-corrected chi connectivity index (χ3v) is 4.85. The van der Waals surface area contributed by atoms with Crippen molar-refractivity contribution in [2.75, 3.05) is 18.4 Å². The van der Waals surface area contributed by atoms with Crippen molar-refractivity contribution in [1.29, 1.82) is 0 Å². The van der Waals surface area contributed by atoms with Crippen LogP contribution in [-0.2, 0) is 6.54 Å². The molecule has 0 radical (unpaired) electrons. The highest BCUT2D eigenvalue weighted by Gasteiger charge is 2.24. The van der Waals surface area contributed by atoms with E-state index in [-0.39, 0.29) is 11.7 Å². The van der Waals surface area contributed by atoms with Crippen molar-refractivity contribution in [2.45, 2.75) is 25.8 Å². The topological polar surface area (TPSA) is 63.1 Å². The molecule has 0 saturated carbocycles. The lowest BCUT2D eigenvalue weighted by Gasteiger charge is -2.26. The van der Waals surface area contributed by atoms with Gasteiger partial charge in [0, 0.05) is 32.0 Å². The fourth-order valence-corrected chi connectivity index (χ4v) is 3.32. The van der Waals surface area contributed by atoms with E-state index in [1.165, 1.54) is 12.1 Å². The van der Waals surface area contributed by atoms with E-state index in [0.717, 1.165) is 37.9 Å². The lowest BCUT2D eigenvalue weighted by molar-refractivity contribution is 0.0725. The molecule has 0 unspecified atom stereocenters. The van der Waals surface area contributed by atoms with E-state index in [1.54, 1.807) is 29.2 Å². The Hall–Kier alpha value is -3.22. The summed E-state index contributed by atoms with van der Waals surface area (Å²) in [7, 11) is 0. The summed E-state index contributed by atoms with van der Waals surface area (Å²) >= 11 is 0. The molecule has 7 heteroatoms. The van der Waals surface area contributed by atoms with Gasteiger partial charge in [-0.2, -0.15) is 0 Å². The number of carbonyl (C=O) groups excluding carboxylic acids is 1. The summed E-state index contributed by atoms with van der Waals surface area (Å²) in [5, 5.41) is 7.78. The number of piperidine rings is 1. The minimum atomic E-state index is -0.274. The van der Waals surface area contributed by atoms with Crippen LogP contribution < -0.4 is 5.32 Å². The van der Waals surface area contributed by atoms with Crippen LogP contribution in [0, 0.1) is 5.82 Å². The molecule has 144 valence electrons. The van der Waals surface area contributed by atoms with Gasteiger partial charge in [-0.15, -0.1) is 5.10 Å². The van der Waals surface area contributed by atoms with Crippen LogP contribution in [0.3, 0.4) is 0 Å². The van der Waals surface area contributed by atoms with Crippen molar-refractivity contribution in [3.05, 3.63) is 71.8 Å². The monoisotopic (exact) mass is 379 g/mol. The van der Waals surface area contributed by atoms with E-state index in [4.69, 9.17) is 0 Å². The highest BCUT2D eigenvalue weighted by molar-refractivity contribution is 5.98. The first-order chi connectivity index (χ1) is 13.7. The van der Waals surface area contributed by atoms with Crippen LogP contribution >= 0.6 is 0 Å². The quantitative estimate of drug-likeness (QED) is 0.735. The standard InChI is InChI=1S/C21H22FN5O/c22-17-9-7-16(8-10-17)14-24-20-18(21(28)26-12-4-1-5-13-26)15-27(25-20)19-6-2-3-11-23-19/h2-3,6-11,15H,1,4-5,12-14H2,(H,24,25). The molecular weight excluding hydrogens is 357 g/mol. The van der Waals surface area contributed by atoms with Gasteiger partial charge >= 0.3 is 0 Å². The number of amides is 1. The van der Waals surface area contributed by atoms with Crippen molar-refractivity contribution >= 4 is 11.7 Å². The molecule has 1 N–H and O–H groups in total. The summed E-state index contributed by atoms with van der Waals surface area (Å²) in [5.74, 6) is 0.850. The largest absolute Gasteiger partial charge is 0.364 e. The van der Waals surface area contributed by atoms with E-state index in [1.807, 2.05) is 23.1 Å². The van der Waals surface area contributed by atoms with Crippen molar-refractivity contribution < 1.29 is 9.18 Å². The number of pyridine rings is 1. The van der Waals surface area contributed by atoms with Gasteiger partial charge in [-0.1, -0.05) is 18.2 Å². The average Bonchev–Trinajstić information content (AvgIpc) is 3.18. The molecule has 0 spiro atoms. The first kappa shape index (κ1) is 18.2. The number of nitrogens with one attached hydrogen (secondary N) is 1. The van der Waals surface area contributed by atoms with Crippen molar-refractivity contribution in [2.24, 2.45) is 0 Å².